The average molecular weight is 640 g/mol. The predicted octanol–water partition coefficient (Wildman–Crippen LogP) is 5.73. The number of nitrogens with zero attached hydrogens (tertiary/aromatic N) is 1. The number of fused-ring (bicyclic) bond motifs is 2. The summed E-state index contributed by atoms with van der Waals surface area (Å²) in [7, 11) is 1.55. The fourth-order valence-electron chi connectivity index (χ4n) is 7.94. The van der Waals surface area contributed by atoms with Crippen LogP contribution in [-0.4, -0.2) is 77.5 Å². The van der Waals surface area contributed by atoms with Crippen LogP contribution in [0.5, 0.6) is 0 Å². The van der Waals surface area contributed by atoms with Gasteiger partial charge in [0, 0.05) is 25.2 Å². The first kappa shape index (κ1) is 34.8. The molecule has 0 aromatic carbocycles. The minimum absolute atomic E-state index is 0.0340. The van der Waals surface area contributed by atoms with E-state index in [0.29, 0.717) is 42.7 Å². The highest BCUT2D eigenvalue weighted by Gasteiger charge is 2.60. The van der Waals surface area contributed by atoms with Crippen molar-refractivity contribution in [3.63, 3.8) is 0 Å². The highest BCUT2D eigenvalue weighted by Crippen LogP contribution is 2.47. The molecule has 2 N–H and O–H groups in total. The Kier molecular flexibility index (Phi) is 10.5. The van der Waals surface area contributed by atoms with Crippen molar-refractivity contribution in [1.29, 1.82) is 0 Å². The SMILES string of the molecule is CO/N=C1\C[C@]2(C[C@@H]3CC(C/C=C(\C)CC(C)/C=C/C=C4\COC5[C@H](O)C(C)=C[C@@H](C(=O)O3)C45O)O2)OC(/C(C)=C/C(C)C)C1C. The van der Waals surface area contributed by atoms with Crippen LogP contribution in [0.1, 0.15) is 80.6 Å². The summed E-state index contributed by atoms with van der Waals surface area (Å²) in [5.74, 6) is -2.15. The normalized spacial score (nSPS) is 44.5. The molecule has 1 aliphatic carbocycles. The highest BCUT2D eigenvalue weighted by atomic mass is 16.7. The quantitative estimate of drug-likeness (QED) is 0.229. The van der Waals surface area contributed by atoms with E-state index in [0.717, 1.165) is 17.7 Å². The average Bonchev–Trinajstić information content (AvgIpc) is 3.31. The van der Waals surface area contributed by atoms with Gasteiger partial charge in [-0.1, -0.05) is 74.9 Å². The number of aliphatic hydroxyl groups is 2. The topological polar surface area (TPSA) is 116 Å². The first-order chi connectivity index (χ1) is 21.8. The Morgan fingerprint density at radius 3 is 2.67 bits per heavy atom. The van der Waals surface area contributed by atoms with Gasteiger partial charge in [0.2, 0.25) is 0 Å². The van der Waals surface area contributed by atoms with E-state index in [-0.39, 0.29) is 30.7 Å². The molecular formula is C37H53NO8. The maximum absolute atomic E-state index is 14.2. The van der Waals surface area contributed by atoms with Crippen molar-refractivity contribution in [2.75, 3.05) is 13.7 Å². The van der Waals surface area contributed by atoms with Gasteiger partial charge in [-0.3, -0.25) is 4.79 Å². The van der Waals surface area contributed by atoms with Gasteiger partial charge in [0.1, 0.15) is 36.9 Å². The van der Waals surface area contributed by atoms with Gasteiger partial charge in [0.05, 0.1) is 24.5 Å². The molecule has 5 rings (SSSR count). The summed E-state index contributed by atoms with van der Waals surface area (Å²) in [6, 6.07) is 0. The third-order valence-electron chi connectivity index (χ3n) is 10.1. The molecule has 1 spiro atoms. The standard InChI is InChI=1S/C37H53NO8/c1-21(2)14-25(6)33-26(7)31(38-42-8)19-36(46-33)18-29-17-28(45-36)13-12-23(4)15-22(3)10-9-11-27-20-43-34-32(39)24(5)16-30(35(40)44-29)37(27,34)41/h9-12,14,16,21-22,26,28-30,32-34,39,41H,13,15,17-20H2,1-8H3/b10-9+,23-12+,25-14+,27-11+,38-31+/t22?,26?,28?,29-,30-,32+,33?,34?,36-,37?/m0/s1. The summed E-state index contributed by atoms with van der Waals surface area (Å²) in [5.41, 5.74) is 2.54. The maximum Gasteiger partial charge on any atom is 0.316 e. The number of rotatable bonds is 3. The lowest BCUT2D eigenvalue weighted by Crippen LogP contribution is -2.59. The number of oxime groups is 1. The first-order valence-electron chi connectivity index (χ1n) is 16.8. The lowest BCUT2D eigenvalue weighted by Gasteiger charge is -2.50. The zero-order valence-corrected chi connectivity index (χ0v) is 28.7. The van der Waals surface area contributed by atoms with Gasteiger partial charge in [0.15, 0.2) is 5.79 Å². The van der Waals surface area contributed by atoms with Gasteiger partial charge < -0.3 is 34.0 Å². The molecule has 0 aromatic rings. The summed E-state index contributed by atoms with van der Waals surface area (Å²) < 4.78 is 26.0. The Morgan fingerprint density at radius 1 is 1.20 bits per heavy atom. The van der Waals surface area contributed by atoms with Crippen LogP contribution < -0.4 is 0 Å². The number of carbonyl (C=O) groups is 1. The van der Waals surface area contributed by atoms with Crippen molar-refractivity contribution in [1.82, 2.24) is 0 Å². The van der Waals surface area contributed by atoms with Gasteiger partial charge in [-0.2, -0.15) is 0 Å². The molecule has 10 atom stereocenters. The van der Waals surface area contributed by atoms with Crippen LogP contribution in [0.25, 0.3) is 0 Å². The molecule has 0 saturated carbocycles. The van der Waals surface area contributed by atoms with E-state index in [1.807, 2.05) is 12.2 Å². The fraction of sp³-hybridized carbons (Fsp3) is 0.676. The van der Waals surface area contributed by atoms with Crippen molar-refractivity contribution in [3.8, 4) is 0 Å². The van der Waals surface area contributed by atoms with Gasteiger partial charge >= 0.3 is 5.97 Å². The molecule has 3 saturated heterocycles. The van der Waals surface area contributed by atoms with Gasteiger partial charge in [-0.05, 0) is 62.2 Å². The number of aliphatic hydroxyl groups excluding tert-OH is 1. The van der Waals surface area contributed by atoms with Crippen LogP contribution in [0.4, 0.5) is 0 Å². The van der Waals surface area contributed by atoms with Gasteiger partial charge in [-0.25, -0.2) is 0 Å². The van der Waals surface area contributed by atoms with Gasteiger partial charge in [-0.15, -0.1) is 0 Å². The third-order valence-corrected chi connectivity index (χ3v) is 10.1. The monoisotopic (exact) mass is 639 g/mol. The Hall–Kier alpha value is -2.56. The molecule has 0 aromatic heterocycles. The second-order valence-corrected chi connectivity index (χ2v) is 14.5. The molecule has 46 heavy (non-hydrogen) atoms. The molecule has 9 heteroatoms. The highest BCUT2D eigenvalue weighted by molar-refractivity contribution is 5.88. The number of ether oxygens (including phenoxy) is 4. The summed E-state index contributed by atoms with van der Waals surface area (Å²) >= 11 is 0. The molecule has 0 radical (unpaired) electrons. The minimum Gasteiger partial charge on any atom is -0.462 e. The molecular weight excluding hydrogens is 586 g/mol. The van der Waals surface area contributed by atoms with Crippen LogP contribution in [-0.2, 0) is 28.6 Å². The van der Waals surface area contributed by atoms with E-state index in [2.05, 4.69) is 64.9 Å². The van der Waals surface area contributed by atoms with E-state index < -0.39 is 41.6 Å². The summed E-state index contributed by atoms with van der Waals surface area (Å²) in [5, 5.41) is 27.6. The molecule has 4 aliphatic heterocycles. The number of carbonyl (C=O) groups excluding carboxylic acids is 1. The van der Waals surface area contributed by atoms with E-state index in [1.165, 1.54) is 5.57 Å². The van der Waals surface area contributed by atoms with E-state index in [1.54, 1.807) is 20.1 Å². The molecule has 9 nitrogen and oxygen atoms in total. The second kappa shape index (κ2) is 13.9. The lowest BCUT2D eigenvalue weighted by molar-refractivity contribution is -0.313. The van der Waals surface area contributed by atoms with Crippen LogP contribution in [0, 0.1) is 23.7 Å². The molecule has 2 bridgehead atoms. The molecule has 5 aliphatic rings. The first-order valence-corrected chi connectivity index (χ1v) is 16.8. The van der Waals surface area contributed by atoms with Crippen LogP contribution in [0.3, 0.4) is 0 Å². The number of esters is 1. The van der Waals surface area contributed by atoms with Crippen molar-refractivity contribution < 1.29 is 38.8 Å². The Morgan fingerprint density at radius 2 is 1.96 bits per heavy atom. The fourth-order valence-corrected chi connectivity index (χ4v) is 7.94. The smallest absolute Gasteiger partial charge is 0.316 e. The van der Waals surface area contributed by atoms with E-state index in [4.69, 9.17) is 23.8 Å². The zero-order valence-electron chi connectivity index (χ0n) is 28.7. The lowest BCUT2D eigenvalue weighted by atomic mass is 9.71. The Bertz CT molecular complexity index is 1340. The van der Waals surface area contributed by atoms with Crippen molar-refractivity contribution in [2.45, 2.75) is 122 Å². The largest absolute Gasteiger partial charge is 0.462 e. The van der Waals surface area contributed by atoms with Crippen molar-refractivity contribution in [3.05, 3.63) is 58.7 Å². The Balaban J connectivity index is 1.55. The summed E-state index contributed by atoms with van der Waals surface area (Å²) in [6.07, 6.45) is 11.4. The van der Waals surface area contributed by atoms with Crippen LogP contribution in [0.15, 0.2) is 63.9 Å². The number of allylic oxidation sites excluding steroid dienone is 5. The molecule has 3 fully saturated rings. The van der Waals surface area contributed by atoms with Crippen molar-refractivity contribution >= 4 is 11.7 Å². The maximum atomic E-state index is 14.2. The third kappa shape index (κ3) is 6.99. The predicted molar refractivity (Wildman–Crippen MR) is 176 cm³/mol. The van der Waals surface area contributed by atoms with E-state index in [9.17, 15) is 15.0 Å². The zero-order chi connectivity index (χ0) is 33.4. The molecule has 4 heterocycles. The molecule has 254 valence electrons. The summed E-state index contributed by atoms with van der Waals surface area (Å²) in [4.78, 5) is 19.4. The van der Waals surface area contributed by atoms with Crippen LogP contribution in [0.2, 0.25) is 0 Å². The van der Waals surface area contributed by atoms with Gasteiger partial charge in [0.25, 0.3) is 0 Å². The Labute approximate surface area is 274 Å². The summed E-state index contributed by atoms with van der Waals surface area (Å²) in [6.45, 7) is 14.6. The second-order valence-electron chi connectivity index (χ2n) is 14.5. The molecule has 6 unspecified atom stereocenters. The van der Waals surface area contributed by atoms with Crippen LogP contribution >= 0.6 is 0 Å². The minimum atomic E-state index is -1.74. The number of hydrogen-bond donors (Lipinski definition) is 2. The van der Waals surface area contributed by atoms with E-state index >= 15 is 0 Å². The molecule has 0 amide bonds. The van der Waals surface area contributed by atoms with Crippen molar-refractivity contribution in [2.24, 2.45) is 28.8 Å². The number of hydrogen-bond acceptors (Lipinski definition) is 9.